The maximum atomic E-state index is 13.5. The number of carboxylic acids is 1. The molecule has 0 spiro atoms. The number of carbonyl (C=O) groups is 1. The van der Waals surface area contributed by atoms with Crippen LogP contribution in [0.5, 0.6) is 0 Å². The minimum Gasteiger partial charge on any atom is -0.478 e. The van der Waals surface area contributed by atoms with Crippen LogP contribution in [0.15, 0.2) is 36.4 Å². The van der Waals surface area contributed by atoms with E-state index >= 15 is 0 Å². The normalized spacial score (nSPS) is 10.9. The zero-order valence-electron chi connectivity index (χ0n) is 10.0. The third-order valence-electron chi connectivity index (χ3n) is 2.95. The summed E-state index contributed by atoms with van der Waals surface area (Å²) in [7, 11) is 0. The molecule has 1 aromatic heterocycles. The molecule has 0 aliphatic carbocycles. The fraction of sp³-hybridized carbons (Fsp3) is 0. The smallest absolute Gasteiger partial charge is 0.337 e. The summed E-state index contributed by atoms with van der Waals surface area (Å²) in [5.41, 5.74) is 1.34. The van der Waals surface area contributed by atoms with Gasteiger partial charge in [-0.1, -0.05) is 23.7 Å². The van der Waals surface area contributed by atoms with Gasteiger partial charge in [0.1, 0.15) is 17.2 Å². The molecule has 0 atom stereocenters. The molecule has 3 rings (SSSR count). The molecule has 0 amide bonds. The first-order chi connectivity index (χ1) is 9.58. The lowest BCUT2D eigenvalue weighted by atomic mass is 10.2. The first-order valence-corrected chi connectivity index (χ1v) is 6.12. The van der Waals surface area contributed by atoms with Crippen LogP contribution in [0.4, 0.5) is 4.39 Å². The molecule has 0 aliphatic rings. The van der Waals surface area contributed by atoms with Crippen LogP contribution in [0.25, 0.3) is 22.4 Å². The van der Waals surface area contributed by atoms with Crippen molar-refractivity contribution in [2.24, 2.45) is 0 Å². The molecule has 6 heteroatoms. The summed E-state index contributed by atoms with van der Waals surface area (Å²) >= 11 is 5.91. The number of H-pyrrole nitrogens is 1. The summed E-state index contributed by atoms with van der Waals surface area (Å²) in [4.78, 5) is 18.3. The first-order valence-electron chi connectivity index (χ1n) is 5.74. The van der Waals surface area contributed by atoms with Gasteiger partial charge in [-0.25, -0.2) is 14.2 Å². The molecule has 0 saturated heterocycles. The summed E-state index contributed by atoms with van der Waals surface area (Å²) in [6, 6.07) is 9.15. The van der Waals surface area contributed by atoms with Crippen molar-refractivity contribution in [1.29, 1.82) is 0 Å². The van der Waals surface area contributed by atoms with E-state index in [4.69, 9.17) is 16.7 Å². The molecule has 0 saturated carbocycles. The fourth-order valence-electron chi connectivity index (χ4n) is 2.02. The Bertz CT molecular complexity index is 829. The standard InChI is InChI=1S/C14H8ClFN2O2/c15-11-7(3-1-5-9(11)16)13-17-10-6-2-4-8(14(19)20)12(10)18-13/h1-6H,(H,17,18)(H,19,20). The molecule has 0 radical (unpaired) electrons. The number of aromatic carboxylic acids is 1. The van der Waals surface area contributed by atoms with Crippen molar-refractivity contribution in [2.75, 3.05) is 0 Å². The Morgan fingerprint density at radius 3 is 2.75 bits per heavy atom. The van der Waals surface area contributed by atoms with Gasteiger partial charge in [-0.3, -0.25) is 0 Å². The van der Waals surface area contributed by atoms with Crippen molar-refractivity contribution in [3.05, 3.63) is 52.8 Å². The number of halogens is 2. The predicted molar refractivity (Wildman–Crippen MR) is 73.5 cm³/mol. The summed E-state index contributed by atoms with van der Waals surface area (Å²) in [5, 5.41) is 9.07. The monoisotopic (exact) mass is 290 g/mol. The molecule has 0 bridgehead atoms. The quantitative estimate of drug-likeness (QED) is 0.756. The van der Waals surface area contributed by atoms with Crippen molar-refractivity contribution in [3.8, 4) is 11.4 Å². The number of aromatic nitrogens is 2. The Labute approximate surface area is 117 Å². The molecule has 2 aromatic carbocycles. The topological polar surface area (TPSA) is 66.0 Å². The highest BCUT2D eigenvalue weighted by Crippen LogP contribution is 2.30. The molecule has 0 fully saturated rings. The number of nitrogens with zero attached hydrogens (tertiary/aromatic N) is 1. The van der Waals surface area contributed by atoms with E-state index in [0.717, 1.165) is 0 Å². The maximum Gasteiger partial charge on any atom is 0.337 e. The van der Waals surface area contributed by atoms with Gasteiger partial charge in [0.15, 0.2) is 0 Å². The van der Waals surface area contributed by atoms with Gasteiger partial charge in [0.05, 0.1) is 16.1 Å². The summed E-state index contributed by atoms with van der Waals surface area (Å²) < 4.78 is 13.5. The third kappa shape index (κ3) is 1.92. The highest BCUT2D eigenvalue weighted by atomic mass is 35.5. The second-order valence-electron chi connectivity index (χ2n) is 4.19. The van der Waals surface area contributed by atoms with Crippen LogP contribution >= 0.6 is 11.6 Å². The van der Waals surface area contributed by atoms with Gasteiger partial charge in [-0.15, -0.1) is 0 Å². The van der Waals surface area contributed by atoms with E-state index in [0.29, 0.717) is 22.4 Å². The number of imidazole rings is 1. The second kappa shape index (κ2) is 4.61. The van der Waals surface area contributed by atoms with Gasteiger partial charge in [-0.2, -0.15) is 0 Å². The van der Waals surface area contributed by atoms with E-state index in [1.807, 2.05) is 0 Å². The number of rotatable bonds is 2. The van der Waals surface area contributed by atoms with Gasteiger partial charge in [0, 0.05) is 5.56 Å². The minimum absolute atomic E-state index is 0.0524. The molecule has 4 nitrogen and oxygen atoms in total. The fourth-order valence-corrected chi connectivity index (χ4v) is 2.23. The molecule has 3 aromatic rings. The first kappa shape index (κ1) is 12.6. The Morgan fingerprint density at radius 2 is 2.00 bits per heavy atom. The van der Waals surface area contributed by atoms with Crippen molar-refractivity contribution in [3.63, 3.8) is 0 Å². The number of hydrogen-bond acceptors (Lipinski definition) is 2. The third-order valence-corrected chi connectivity index (χ3v) is 3.33. The average molecular weight is 291 g/mol. The molecule has 0 aliphatic heterocycles. The summed E-state index contributed by atoms with van der Waals surface area (Å²) in [5.74, 6) is -1.29. The summed E-state index contributed by atoms with van der Waals surface area (Å²) in [6.45, 7) is 0. The van der Waals surface area contributed by atoms with Gasteiger partial charge in [0.25, 0.3) is 0 Å². The second-order valence-corrected chi connectivity index (χ2v) is 4.57. The largest absolute Gasteiger partial charge is 0.478 e. The average Bonchev–Trinajstić information content (AvgIpc) is 2.84. The molecule has 2 N–H and O–H groups in total. The van der Waals surface area contributed by atoms with Crippen LogP contribution in [0.2, 0.25) is 5.02 Å². The van der Waals surface area contributed by atoms with Crippen molar-refractivity contribution in [2.45, 2.75) is 0 Å². The number of para-hydroxylation sites is 1. The van der Waals surface area contributed by atoms with Gasteiger partial charge < -0.3 is 10.1 Å². The maximum absolute atomic E-state index is 13.5. The molecule has 0 unspecified atom stereocenters. The van der Waals surface area contributed by atoms with Crippen LogP contribution in [0, 0.1) is 5.82 Å². The Hall–Kier alpha value is -2.40. The molecular formula is C14H8ClFN2O2. The Morgan fingerprint density at radius 1 is 1.25 bits per heavy atom. The van der Waals surface area contributed by atoms with Crippen LogP contribution in [-0.4, -0.2) is 21.0 Å². The highest BCUT2D eigenvalue weighted by Gasteiger charge is 2.15. The van der Waals surface area contributed by atoms with E-state index in [2.05, 4.69) is 9.97 Å². The predicted octanol–water partition coefficient (Wildman–Crippen LogP) is 3.72. The van der Waals surface area contributed by atoms with E-state index in [-0.39, 0.29) is 10.6 Å². The molecular weight excluding hydrogens is 283 g/mol. The van der Waals surface area contributed by atoms with E-state index in [1.54, 1.807) is 18.2 Å². The van der Waals surface area contributed by atoms with Crippen LogP contribution in [0.3, 0.4) is 0 Å². The number of nitrogens with one attached hydrogen (secondary N) is 1. The number of carboxylic acid groups (broad SMARTS) is 1. The van der Waals surface area contributed by atoms with Crippen molar-refractivity contribution in [1.82, 2.24) is 9.97 Å². The number of benzene rings is 2. The van der Waals surface area contributed by atoms with Gasteiger partial charge >= 0.3 is 5.97 Å². The number of hydrogen-bond donors (Lipinski definition) is 2. The molecule has 100 valence electrons. The zero-order valence-corrected chi connectivity index (χ0v) is 10.8. The van der Waals surface area contributed by atoms with Gasteiger partial charge in [-0.05, 0) is 24.3 Å². The molecule has 1 heterocycles. The van der Waals surface area contributed by atoms with Crippen LogP contribution in [0.1, 0.15) is 10.4 Å². The highest BCUT2D eigenvalue weighted by molar-refractivity contribution is 6.33. The van der Waals surface area contributed by atoms with Crippen molar-refractivity contribution < 1.29 is 14.3 Å². The van der Waals surface area contributed by atoms with E-state index < -0.39 is 11.8 Å². The van der Waals surface area contributed by atoms with E-state index in [9.17, 15) is 9.18 Å². The number of fused-ring (bicyclic) bond motifs is 1. The van der Waals surface area contributed by atoms with Crippen LogP contribution in [-0.2, 0) is 0 Å². The SMILES string of the molecule is O=C(O)c1cccc2[nH]c(-c3cccc(F)c3Cl)nc12. The minimum atomic E-state index is -1.07. The van der Waals surface area contributed by atoms with E-state index in [1.165, 1.54) is 18.2 Å². The Kier molecular flexibility index (Phi) is 2.91. The van der Waals surface area contributed by atoms with Crippen molar-refractivity contribution >= 4 is 28.6 Å². The number of aromatic amines is 1. The lowest BCUT2D eigenvalue weighted by Crippen LogP contribution is -1.96. The zero-order chi connectivity index (χ0) is 14.3. The van der Waals surface area contributed by atoms with Crippen LogP contribution < -0.4 is 0 Å². The Balaban J connectivity index is 2.26. The lowest BCUT2D eigenvalue weighted by Gasteiger charge is -2.00. The van der Waals surface area contributed by atoms with Gasteiger partial charge in [0.2, 0.25) is 0 Å². The molecule has 20 heavy (non-hydrogen) atoms. The lowest BCUT2D eigenvalue weighted by molar-refractivity contribution is 0.0699. The summed E-state index contributed by atoms with van der Waals surface area (Å²) in [6.07, 6.45) is 0.